The van der Waals surface area contributed by atoms with Gasteiger partial charge in [0.25, 0.3) is 5.91 Å². The van der Waals surface area contributed by atoms with E-state index in [4.69, 9.17) is 9.84 Å². The van der Waals surface area contributed by atoms with Gasteiger partial charge in [-0.3, -0.25) is 4.79 Å². The second-order valence-corrected chi connectivity index (χ2v) is 5.04. The summed E-state index contributed by atoms with van der Waals surface area (Å²) >= 11 is 3.13. The molecular weight excluding hydrogens is 333 g/mol. The van der Waals surface area contributed by atoms with Crippen molar-refractivity contribution in [3.63, 3.8) is 0 Å². The average Bonchev–Trinajstić information content (AvgIpc) is 2.40. The van der Waals surface area contributed by atoms with Gasteiger partial charge >= 0.3 is 5.97 Å². The predicted molar refractivity (Wildman–Crippen MR) is 74.1 cm³/mol. The second-order valence-electron chi connectivity index (χ2n) is 4.12. The zero-order valence-corrected chi connectivity index (χ0v) is 12.4. The number of rotatable bonds is 7. The number of halogens is 2. The lowest BCUT2D eigenvalue weighted by Crippen LogP contribution is -2.41. The molecule has 0 saturated heterocycles. The molecule has 1 atom stereocenters. The van der Waals surface area contributed by atoms with Gasteiger partial charge in [-0.25, -0.2) is 9.18 Å². The number of nitrogens with one attached hydrogen (secondary N) is 1. The van der Waals surface area contributed by atoms with E-state index in [9.17, 15) is 14.0 Å². The number of methoxy groups -OCH3 is 1. The molecule has 20 heavy (non-hydrogen) atoms. The van der Waals surface area contributed by atoms with E-state index in [0.29, 0.717) is 17.5 Å². The van der Waals surface area contributed by atoms with Crippen LogP contribution in [0.1, 0.15) is 23.2 Å². The summed E-state index contributed by atoms with van der Waals surface area (Å²) in [6.07, 6.45) is 0.694. The van der Waals surface area contributed by atoms with Crippen LogP contribution in [0, 0.1) is 5.82 Å². The number of hydrogen-bond acceptors (Lipinski definition) is 3. The van der Waals surface area contributed by atoms with Crippen molar-refractivity contribution >= 4 is 27.8 Å². The molecule has 1 aromatic carbocycles. The van der Waals surface area contributed by atoms with Gasteiger partial charge in [0.2, 0.25) is 0 Å². The number of carbonyl (C=O) groups excluding carboxylic acids is 1. The van der Waals surface area contributed by atoms with Crippen molar-refractivity contribution in [1.29, 1.82) is 0 Å². The molecule has 0 saturated carbocycles. The Labute approximate surface area is 124 Å². The first-order valence-corrected chi connectivity index (χ1v) is 6.72. The lowest BCUT2D eigenvalue weighted by molar-refractivity contribution is -0.139. The fourth-order valence-corrected chi connectivity index (χ4v) is 1.96. The summed E-state index contributed by atoms with van der Waals surface area (Å²) in [6, 6.07) is 2.83. The lowest BCUT2D eigenvalue weighted by atomic mass is 10.1. The summed E-state index contributed by atoms with van der Waals surface area (Å²) in [5.74, 6) is -2.62. The molecule has 0 bridgehead atoms. The number of ether oxygens (including phenoxy) is 1. The van der Waals surface area contributed by atoms with Crippen molar-refractivity contribution < 1.29 is 23.8 Å². The van der Waals surface area contributed by atoms with E-state index in [0.717, 1.165) is 6.07 Å². The molecule has 0 aliphatic carbocycles. The van der Waals surface area contributed by atoms with Gasteiger partial charge in [0.05, 0.1) is 5.56 Å². The molecule has 0 radical (unpaired) electrons. The number of carboxylic acids is 1. The van der Waals surface area contributed by atoms with Gasteiger partial charge in [0.15, 0.2) is 0 Å². The molecule has 0 aromatic heterocycles. The van der Waals surface area contributed by atoms with Crippen molar-refractivity contribution in [2.75, 3.05) is 13.7 Å². The number of benzene rings is 1. The third-order valence-electron chi connectivity index (χ3n) is 2.62. The molecule has 110 valence electrons. The second kappa shape index (κ2) is 7.96. The van der Waals surface area contributed by atoms with E-state index in [1.165, 1.54) is 19.2 Å². The minimum atomic E-state index is -1.16. The number of amides is 1. The van der Waals surface area contributed by atoms with Gasteiger partial charge in [-0.2, -0.15) is 0 Å². The Morgan fingerprint density at radius 2 is 2.20 bits per heavy atom. The van der Waals surface area contributed by atoms with Gasteiger partial charge in [-0.1, -0.05) is 15.9 Å². The highest BCUT2D eigenvalue weighted by Crippen LogP contribution is 2.15. The number of hydrogen-bond donors (Lipinski definition) is 2. The van der Waals surface area contributed by atoms with E-state index >= 15 is 0 Å². The molecule has 0 aliphatic heterocycles. The van der Waals surface area contributed by atoms with Gasteiger partial charge in [-0.05, 0) is 31.0 Å². The first-order valence-electron chi connectivity index (χ1n) is 5.93. The average molecular weight is 348 g/mol. The molecule has 1 aromatic rings. The van der Waals surface area contributed by atoms with Gasteiger partial charge in [0.1, 0.15) is 11.9 Å². The van der Waals surface area contributed by atoms with Crippen molar-refractivity contribution in [2.24, 2.45) is 0 Å². The summed E-state index contributed by atoms with van der Waals surface area (Å²) in [6.45, 7) is 0.394. The number of carboxylic acid groups (broad SMARTS) is 1. The third kappa shape index (κ3) is 4.90. The molecule has 1 amide bonds. The summed E-state index contributed by atoms with van der Waals surface area (Å²) in [7, 11) is 1.51. The minimum Gasteiger partial charge on any atom is -0.480 e. The van der Waals surface area contributed by atoms with Crippen LogP contribution < -0.4 is 5.32 Å². The fraction of sp³-hybridized carbons (Fsp3) is 0.385. The highest BCUT2D eigenvalue weighted by atomic mass is 79.9. The van der Waals surface area contributed by atoms with E-state index < -0.39 is 23.7 Å². The number of aliphatic carboxylic acids is 1. The summed E-state index contributed by atoms with van der Waals surface area (Å²) in [5, 5.41) is 11.3. The van der Waals surface area contributed by atoms with Crippen molar-refractivity contribution in [1.82, 2.24) is 5.32 Å². The molecule has 0 spiro atoms. The summed E-state index contributed by atoms with van der Waals surface area (Å²) in [5.41, 5.74) is -0.197. The highest BCUT2D eigenvalue weighted by Gasteiger charge is 2.22. The monoisotopic (exact) mass is 347 g/mol. The molecule has 0 heterocycles. The van der Waals surface area contributed by atoms with Crippen molar-refractivity contribution in [3.8, 4) is 0 Å². The maximum atomic E-state index is 13.5. The molecule has 0 fully saturated rings. The van der Waals surface area contributed by atoms with Gasteiger partial charge < -0.3 is 15.2 Å². The Hall–Kier alpha value is -1.47. The van der Waals surface area contributed by atoms with E-state index in [2.05, 4.69) is 21.2 Å². The summed E-state index contributed by atoms with van der Waals surface area (Å²) in [4.78, 5) is 23.0. The smallest absolute Gasteiger partial charge is 0.326 e. The maximum absolute atomic E-state index is 13.5. The highest BCUT2D eigenvalue weighted by molar-refractivity contribution is 9.10. The van der Waals surface area contributed by atoms with E-state index in [1.54, 1.807) is 0 Å². The largest absolute Gasteiger partial charge is 0.480 e. The quantitative estimate of drug-likeness (QED) is 0.741. The molecule has 2 N–H and O–H groups in total. The molecule has 1 rings (SSSR count). The molecule has 7 heteroatoms. The maximum Gasteiger partial charge on any atom is 0.326 e. The topological polar surface area (TPSA) is 75.6 Å². The molecule has 5 nitrogen and oxygen atoms in total. The predicted octanol–water partition coefficient (Wildman–Crippen LogP) is 2.20. The minimum absolute atomic E-state index is 0.197. The van der Waals surface area contributed by atoms with E-state index in [-0.39, 0.29) is 12.0 Å². The fourth-order valence-electron chi connectivity index (χ4n) is 1.60. The van der Waals surface area contributed by atoms with Crippen LogP contribution >= 0.6 is 15.9 Å². The zero-order chi connectivity index (χ0) is 15.1. The van der Waals surface area contributed by atoms with Crippen LogP contribution in [0.3, 0.4) is 0 Å². The standard InChI is InChI=1S/C13H15BrFNO4/c1-20-6-2-3-11(13(18)19)16-12(17)9-7-8(14)4-5-10(9)15/h4-5,7,11H,2-3,6H2,1H3,(H,16,17)(H,18,19). The van der Waals surface area contributed by atoms with Crippen LogP contribution in [0.5, 0.6) is 0 Å². The van der Waals surface area contributed by atoms with Crippen molar-refractivity contribution in [2.45, 2.75) is 18.9 Å². The van der Waals surface area contributed by atoms with Crippen molar-refractivity contribution in [3.05, 3.63) is 34.1 Å². The number of carbonyl (C=O) groups is 2. The zero-order valence-electron chi connectivity index (χ0n) is 10.9. The lowest BCUT2D eigenvalue weighted by Gasteiger charge is -2.14. The Bertz CT molecular complexity index is 495. The van der Waals surface area contributed by atoms with Crippen LogP contribution in [-0.4, -0.2) is 36.7 Å². The van der Waals surface area contributed by atoms with Crippen LogP contribution in [0.25, 0.3) is 0 Å². The first kappa shape index (κ1) is 16.6. The first-order chi connectivity index (χ1) is 9.45. The Morgan fingerprint density at radius 1 is 1.50 bits per heavy atom. The summed E-state index contributed by atoms with van der Waals surface area (Å²) < 4.78 is 18.9. The molecule has 0 aliphatic rings. The Morgan fingerprint density at radius 3 is 2.80 bits per heavy atom. The van der Waals surface area contributed by atoms with Gasteiger partial charge in [-0.15, -0.1) is 0 Å². The van der Waals surface area contributed by atoms with Crippen LogP contribution in [0.2, 0.25) is 0 Å². The van der Waals surface area contributed by atoms with Crippen LogP contribution in [0.4, 0.5) is 4.39 Å². The van der Waals surface area contributed by atoms with Crippen LogP contribution in [-0.2, 0) is 9.53 Å². The third-order valence-corrected chi connectivity index (χ3v) is 3.11. The van der Waals surface area contributed by atoms with E-state index in [1.807, 2.05) is 0 Å². The molecular formula is C13H15BrFNO4. The normalized spacial score (nSPS) is 11.9. The SMILES string of the molecule is COCCCC(NC(=O)c1cc(Br)ccc1F)C(=O)O. The van der Waals surface area contributed by atoms with Gasteiger partial charge in [0, 0.05) is 18.2 Å². The van der Waals surface area contributed by atoms with Crippen LogP contribution in [0.15, 0.2) is 22.7 Å². The Balaban J connectivity index is 2.75. The Kier molecular flexibility index (Phi) is 6.60. The molecule has 1 unspecified atom stereocenters.